The summed E-state index contributed by atoms with van der Waals surface area (Å²) in [4.78, 5) is 7.45. The lowest BCUT2D eigenvalue weighted by atomic mass is 10.1. The second kappa shape index (κ2) is 6.40. The molecule has 134 valence electrons. The number of hydrogen-bond acceptors (Lipinski definition) is 2. The maximum absolute atomic E-state index is 13.7. The normalized spacial score (nSPS) is 11.7. The van der Waals surface area contributed by atoms with Crippen LogP contribution in [0.2, 0.25) is 0 Å². The van der Waals surface area contributed by atoms with E-state index < -0.39 is 40.6 Å². The molecule has 0 aliphatic rings. The van der Waals surface area contributed by atoms with Gasteiger partial charge in [-0.2, -0.15) is 13.2 Å². The summed E-state index contributed by atoms with van der Waals surface area (Å²) in [6.07, 6.45) is -3.20. The predicted octanol–water partition coefficient (Wildman–Crippen LogP) is 5.39. The van der Waals surface area contributed by atoms with Crippen LogP contribution >= 0.6 is 0 Å². The third-order valence-electron chi connectivity index (χ3n) is 3.49. The van der Waals surface area contributed by atoms with Crippen molar-refractivity contribution >= 4 is 0 Å². The molecule has 0 amide bonds. The number of aromatic nitrogens is 2. The Hall–Kier alpha value is -2.97. The van der Waals surface area contributed by atoms with Gasteiger partial charge in [-0.05, 0) is 24.3 Å². The Balaban J connectivity index is 2.02. The van der Waals surface area contributed by atoms with Crippen LogP contribution in [0.5, 0.6) is 0 Å². The fourth-order valence-electron chi connectivity index (χ4n) is 2.35. The molecule has 2 aromatic carbocycles. The average Bonchev–Trinajstić information content (AvgIpc) is 2.53. The van der Waals surface area contributed by atoms with Gasteiger partial charge in [0.1, 0.15) is 28.8 Å². The SMILES string of the molecule is Fc1cccc(F)c1-c1cnc(-c2cc(F)c(C(F)(F)F)c(F)c2)nc1. The number of hydrogen-bond donors (Lipinski definition) is 0. The largest absolute Gasteiger partial charge is 0.422 e. The van der Waals surface area contributed by atoms with Crippen molar-refractivity contribution in [2.75, 3.05) is 0 Å². The molecule has 0 saturated carbocycles. The van der Waals surface area contributed by atoms with E-state index >= 15 is 0 Å². The molecule has 2 nitrogen and oxygen atoms in total. The Morgan fingerprint density at radius 3 is 1.65 bits per heavy atom. The van der Waals surface area contributed by atoms with Gasteiger partial charge in [0.2, 0.25) is 0 Å². The Labute approximate surface area is 142 Å². The molecule has 0 aliphatic heterocycles. The van der Waals surface area contributed by atoms with Crippen LogP contribution in [0.4, 0.5) is 30.7 Å². The molecular weight excluding hydrogens is 365 g/mol. The molecule has 0 atom stereocenters. The molecule has 1 heterocycles. The summed E-state index contributed by atoms with van der Waals surface area (Å²) in [5.74, 6) is -5.68. The molecular formula is C17H7F7N2. The minimum absolute atomic E-state index is 0.0443. The van der Waals surface area contributed by atoms with Crippen LogP contribution in [-0.2, 0) is 6.18 Å². The van der Waals surface area contributed by atoms with Crippen LogP contribution in [0.15, 0.2) is 42.7 Å². The van der Waals surface area contributed by atoms with Gasteiger partial charge in [-0.25, -0.2) is 27.5 Å². The number of rotatable bonds is 2. The highest BCUT2D eigenvalue weighted by atomic mass is 19.4. The first kappa shape index (κ1) is 17.8. The summed E-state index contributed by atoms with van der Waals surface area (Å²) >= 11 is 0. The molecule has 9 heteroatoms. The molecule has 0 bridgehead atoms. The molecule has 3 aromatic rings. The molecule has 1 aromatic heterocycles. The quantitative estimate of drug-likeness (QED) is 0.564. The van der Waals surface area contributed by atoms with E-state index in [1.54, 1.807) is 0 Å². The lowest BCUT2D eigenvalue weighted by Crippen LogP contribution is -2.11. The Kier molecular flexibility index (Phi) is 4.39. The zero-order valence-electron chi connectivity index (χ0n) is 12.6. The van der Waals surface area contributed by atoms with Gasteiger partial charge in [0.15, 0.2) is 5.82 Å². The first-order chi connectivity index (χ1) is 12.2. The summed E-state index contributed by atoms with van der Waals surface area (Å²) in [7, 11) is 0. The zero-order valence-corrected chi connectivity index (χ0v) is 12.6. The van der Waals surface area contributed by atoms with Crippen LogP contribution in [-0.4, -0.2) is 9.97 Å². The van der Waals surface area contributed by atoms with E-state index in [1.807, 2.05) is 0 Å². The van der Waals surface area contributed by atoms with E-state index in [0.717, 1.165) is 30.6 Å². The topological polar surface area (TPSA) is 25.8 Å². The highest BCUT2D eigenvalue weighted by Gasteiger charge is 2.38. The number of halogens is 7. The third kappa shape index (κ3) is 3.24. The van der Waals surface area contributed by atoms with Crippen molar-refractivity contribution in [3.63, 3.8) is 0 Å². The van der Waals surface area contributed by atoms with Gasteiger partial charge in [-0.15, -0.1) is 0 Å². The van der Waals surface area contributed by atoms with Crippen molar-refractivity contribution in [3.8, 4) is 22.5 Å². The lowest BCUT2D eigenvalue weighted by Gasteiger charge is -2.11. The summed E-state index contributed by atoms with van der Waals surface area (Å²) in [5, 5.41) is 0. The van der Waals surface area contributed by atoms with Gasteiger partial charge in [0.25, 0.3) is 0 Å². The van der Waals surface area contributed by atoms with Crippen molar-refractivity contribution in [2.45, 2.75) is 6.18 Å². The van der Waals surface area contributed by atoms with Crippen LogP contribution in [0.3, 0.4) is 0 Å². The second-order valence-corrected chi connectivity index (χ2v) is 5.20. The van der Waals surface area contributed by atoms with Gasteiger partial charge in [0.05, 0.1) is 5.56 Å². The van der Waals surface area contributed by atoms with Gasteiger partial charge < -0.3 is 0 Å². The lowest BCUT2D eigenvalue weighted by molar-refractivity contribution is -0.142. The molecule has 0 unspecified atom stereocenters. The van der Waals surface area contributed by atoms with E-state index in [4.69, 9.17) is 0 Å². The molecule has 3 rings (SSSR count). The fraction of sp³-hybridized carbons (Fsp3) is 0.0588. The maximum Gasteiger partial charge on any atom is 0.422 e. The van der Waals surface area contributed by atoms with E-state index in [9.17, 15) is 30.7 Å². The van der Waals surface area contributed by atoms with Crippen LogP contribution in [0.25, 0.3) is 22.5 Å². The number of benzene rings is 2. The smallest absolute Gasteiger partial charge is 0.236 e. The highest BCUT2D eigenvalue weighted by molar-refractivity contribution is 5.65. The number of nitrogens with zero attached hydrogens (tertiary/aromatic N) is 2. The minimum Gasteiger partial charge on any atom is -0.236 e. The molecule has 0 radical (unpaired) electrons. The maximum atomic E-state index is 13.7. The Morgan fingerprint density at radius 1 is 0.692 bits per heavy atom. The van der Waals surface area contributed by atoms with E-state index in [1.165, 1.54) is 0 Å². The average molecular weight is 372 g/mol. The molecule has 26 heavy (non-hydrogen) atoms. The van der Waals surface area contributed by atoms with Gasteiger partial charge in [-0.3, -0.25) is 0 Å². The van der Waals surface area contributed by atoms with Crippen LogP contribution in [0, 0.1) is 23.3 Å². The van der Waals surface area contributed by atoms with Crippen molar-refractivity contribution in [3.05, 3.63) is 71.6 Å². The monoisotopic (exact) mass is 372 g/mol. The molecule has 0 fully saturated rings. The first-order valence-electron chi connectivity index (χ1n) is 7.01. The molecule has 0 saturated heterocycles. The van der Waals surface area contributed by atoms with Crippen molar-refractivity contribution < 1.29 is 30.7 Å². The molecule has 0 aliphatic carbocycles. The van der Waals surface area contributed by atoms with Crippen molar-refractivity contribution in [1.82, 2.24) is 9.97 Å². The van der Waals surface area contributed by atoms with Crippen LogP contribution in [0.1, 0.15) is 5.56 Å². The van der Waals surface area contributed by atoms with Gasteiger partial charge in [-0.1, -0.05) is 6.07 Å². The standard InChI is InChI=1S/C17H7F7N2/c18-10-2-1-3-11(19)14(10)9-6-25-16(26-7-9)8-4-12(20)15(13(21)5-8)17(22,23)24/h1-7H. The minimum atomic E-state index is -5.19. The zero-order chi connectivity index (χ0) is 19.1. The summed E-state index contributed by atoms with van der Waals surface area (Å²) in [6.45, 7) is 0. The summed E-state index contributed by atoms with van der Waals surface area (Å²) in [6, 6.07) is 4.08. The van der Waals surface area contributed by atoms with Crippen molar-refractivity contribution in [1.29, 1.82) is 0 Å². The van der Waals surface area contributed by atoms with E-state index in [0.29, 0.717) is 12.1 Å². The molecule has 0 N–H and O–H groups in total. The van der Waals surface area contributed by atoms with Gasteiger partial charge in [0, 0.05) is 23.5 Å². The fourth-order valence-corrected chi connectivity index (χ4v) is 2.35. The molecule has 0 spiro atoms. The van der Waals surface area contributed by atoms with E-state index in [-0.39, 0.29) is 17.0 Å². The summed E-state index contributed by atoms with van der Waals surface area (Å²) in [5.41, 5.74) is -2.82. The second-order valence-electron chi connectivity index (χ2n) is 5.20. The summed E-state index contributed by atoms with van der Waals surface area (Å²) < 4.78 is 92.4. The van der Waals surface area contributed by atoms with Crippen LogP contribution < -0.4 is 0 Å². The Morgan fingerprint density at radius 2 is 1.19 bits per heavy atom. The van der Waals surface area contributed by atoms with E-state index in [2.05, 4.69) is 9.97 Å². The Bertz CT molecular complexity index is 923. The first-order valence-corrected chi connectivity index (χ1v) is 7.01. The van der Waals surface area contributed by atoms with Gasteiger partial charge >= 0.3 is 6.18 Å². The predicted molar refractivity (Wildman–Crippen MR) is 77.7 cm³/mol. The highest BCUT2D eigenvalue weighted by Crippen LogP contribution is 2.35. The number of alkyl halides is 3. The van der Waals surface area contributed by atoms with Crippen molar-refractivity contribution in [2.24, 2.45) is 0 Å². The third-order valence-corrected chi connectivity index (χ3v) is 3.49.